The number of hydrogen-bond acceptors (Lipinski definition) is 5. The van der Waals surface area contributed by atoms with Crippen molar-refractivity contribution in [3.05, 3.63) is 53.6 Å². The normalized spacial score (nSPS) is 12.2. The van der Waals surface area contributed by atoms with Gasteiger partial charge in [0.15, 0.2) is 11.8 Å². The largest absolute Gasteiger partial charge is 0.481 e. The Labute approximate surface area is 153 Å². The van der Waals surface area contributed by atoms with Crippen molar-refractivity contribution in [1.82, 2.24) is 20.2 Å². The second-order valence-electron chi connectivity index (χ2n) is 5.71. The van der Waals surface area contributed by atoms with Gasteiger partial charge < -0.3 is 9.72 Å². The van der Waals surface area contributed by atoms with E-state index in [1.165, 1.54) is 0 Å². The molecular weight excluding hydrogens is 354 g/mol. The highest BCUT2D eigenvalue weighted by Crippen LogP contribution is 2.25. The molecule has 0 fully saturated rings. The second kappa shape index (κ2) is 6.61. The van der Waals surface area contributed by atoms with Crippen molar-refractivity contribution in [2.75, 3.05) is 5.32 Å². The summed E-state index contributed by atoms with van der Waals surface area (Å²) in [5.41, 5.74) is 1.95. The third kappa shape index (κ3) is 3.16. The molecule has 0 aliphatic carbocycles. The molecule has 2 aromatic heterocycles. The van der Waals surface area contributed by atoms with E-state index in [9.17, 15) is 4.79 Å². The van der Waals surface area contributed by atoms with Gasteiger partial charge in [-0.2, -0.15) is 4.98 Å². The highest BCUT2D eigenvalue weighted by atomic mass is 35.5. The fourth-order valence-electron chi connectivity index (χ4n) is 2.56. The number of fused-ring (bicyclic) bond motifs is 3. The minimum atomic E-state index is -0.710. The average Bonchev–Trinajstić information content (AvgIpc) is 2.99. The number of aromatic amines is 1. The van der Waals surface area contributed by atoms with Gasteiger partial charge in [0.05, 0.1) is 0 Å². The van der Waals surface area contributed by atoms with Crippen LogP contribution >= 0.6 is 11.6 Å². The topological polar surface area (TPSA) is 92.8 Å². The first kappa shape index (κ1) is 16.3. The number of anilines is 1. The van der Waals surface area contributed by atoms with Gasteiger partial charge in [-0.25, -0.2) is 0 Å². The molecule has 1 unspecified atom stereocenters. The number of amides is 1. The number of para-hydroxylation sites is 1. The Hall–Kier alpha value is -3.19. The van der Waals surface area contributed by atoms with E-state index in [1.807, 2.05) is 24.3 Å². The smallest absolute Gasteiger partial charge is 0.267 e. The van der Waals surface area contributed by atoms with Gasteiger partial charge in [0.1, 0.15) is 11.3 Å². The number of rotatable bonds is 4. The molecule has 0 aliphatic heterocycles. The van der Waals surface area contributed by atoms with E-state index in [4.69, 9.17) is 16.3 Å². The van der Waals surface area contributed by atoms with Crippen LogP contribution in [0.1, 0.15) is 6.92 Å². The number of aromatic nitrogens is 4. The number of nitrogens with one attached hydrogen (secondary N) is 2. The van der Waals surface area contributed by atoms with Crippen LogP contribution in [0.3, 0.4) is 0 Å². The van der Waals surface area contributed by atoms with Crippen LogP contribution < -0.4 is 10.1 Å². The summed E-state index contributed by atoms with van der Waals surface area (Å²) >= 11 is 6.02. The summed E-state index contributed by atoms with van der Waals surface area (Å²) in [5.74, 6) is 0.343. The van der Waals surface area contributed by atoms with Crippen molar-refractivity contribution in [3.63, 3.8) is 0 Å². The molecule has 0 saturated carbocycles. The first-order chi connectivity index (χ1) is 12.6. The summed E-state index contributed by atoms with van der Waals surface area (Å²) in [6, 6.07) is 14.5. The number of ether oxygens (including phenoxy) is 1. The maximum atomic E-state index is 12.3. The summed E-state index contributed by atoms with van der Waals surface area (Å²) in [6.07, 6.45) is -0.710. The highest BCUT2D eigenvalue weighted by molar-refractivity contribution is 6.31. The molecule has 0 spiro atoms. The van der Waals surface area contributed by atoms with E-state index in [0.717, 1.165) is 10.9 Å². The van der Waals surface area contributed by atoms with E-state index in [2.05, 4.69) is 25.5 Å². The lowest BCUT2D eigenvalue weighted by molar-refractivity contribution is -0.122. The summed E-state index contributed by atoms with van der Waals surface area (Å²) in [6.45, 7) is 1.65. The Morgan fingerprint density at radius 2 is 2.00 bits per heavy atom. The summed E-state index contributed by atoms with van der Waals surface area (Å²) in [5, 5.41) is 12.2. The van der Waals surface area contributed by atoms with Crippen molar-refractivity contribution in [2.45, 2.75) is 13.0 Å². The van der Waals surface area contributed by atoms with Crippen LogP contribution in [-0.2, 0) is 4.79 Å². The molecule has 4 rings (SSSR count). The molecule has 130 valence electrons. The van der Waals surface area contributed by atoms with Gasteiger partial charge in [0, 0.05) is 15.9 Å². The van der Waals surface area contributed by atoms with Crippen molar-refractivity contribution in [3.8, 4) is 5.75 Å². The molecular formula is C18H14ClN5O2. The Balaban J connectivity index is 1.55. The van der Waals surface area contributed by atoms with Gasteiger partial charge in [0.25, 0.3) is 11.9 Å². The number of carbonyl (C=O) groups excluding carboxylic acids is 1. The molecule has 0 bridgehead atoms. The predicted octanol–water partition coefficient (Wildman–Crippen LogP) is 3.57. The van der Waals surface area contributed by atoms with Crippen LogP contribution in [0.5, 0.6) is 5.75 Å². The third-order valence-electron chi connectivity index (χ3n) is 3.84. The first-order valence-corrected chi connectivity index (χ1v) is 8.32. The van der Waals surface area contributed by atoms with Crippen molar-refractivity contribution in [1.29, 1.82) is 0 Å². The van der Waals surface area contributed by atoms with Crippen molar-refractivity contribution in [2.24, 2.45) is 0 Å². The van der Waals surface area contributed by atoms with E-state index < -0.39 is 6.10 Å². The molecule has 0 aliphatic rings. The lowest BCUT2D eigenvalue weighted by atomic mass is 10.2. The van der Waals surface area contributed by atoms with Crippen LogP contribution in [0.15, 0.2) is 48.5 Å². The summed E-state index contributed by atoms with van der Waals surface area (Å²) in [4.78, 5) is 19.7. The summed E-state index contributed by atoms with van der Waals surface area (Å²) < 4.78 is 5.59. The minimum absolute atomic E-state index is 0.101. The lowest BCUT2D eigenvalue weighted by Crippen LogP contribution is -2.30. The van der Waals surface area contributed by atoms with Gasteiger partial charge in [-0.3, -0.25) is 10.1 Å². The van der Waals surface area contributed by atoms with Crippen LogP contribution in [0, 0.1) is 0 Å². The molecule has 0 saturated heterocycles. The fourth-order valence-corrected chi connectivity index (χ4v) is 2.74. The molecule has 8 heteroatoms. The Morgan fingerprint density at radius 3 is 2.81 bits per heavy atom. The molecule has 4 aromatic rings. The maximum Gasteiger partial charge on any atom is 0.267 e. The average molecular weight is 368 g/mol. The number of benzene rings is 2. The maximum absolute atomic E-state index is 12.3. The monoisotopic (exact) mass is 367 g/mol. The van der Waals surface area contributed by atoms with E-state index in [-0.39, 0.29) is 11.9 Å². The van der Waals surface area contributed by atoms with Crippen LogP contribution in [0.25, 0.3) is 22.1 Å². The summed E-state index contributed by atoms with van der Waals surface area (Å²) in [7, 11) is 0. The predicted molar refractivity (Wildman–Crippen MR) is 99.4 cm³/mol. The molecule has 7 nitrogen and oxygen atoms in total. The SMILES string of the molecule is CC(Oc1ccccc1)C(=O)Nc1nnc2c(n1)[nH]c1ccc(Cl)cc12. The zero-order valence-corrected chi connectivity index (χ0v) is 14.5. The lowest BCUT2D eigenvalue weighted by Gasteiger charge is -2.13. The molecule has 2 N–H and O–H groups in total. The quantitative estimate of drug-likeness (QED) is 0.575. The number of hydrogen-bond donors (Lipinski definition) is 2. The van der Waals surface area contributed by atoms with Crippen molar-refractivity contribution >= 4 is 45.5 Å². The van der Waals surface area contributed by atoms with E-state index >= 15 is 0 Å². The van der Waals surface area contributed by atoms with Crippen LogP contribution in [-0.4, -0.2) is 32.2 Å². The van der Waals surface area contributed by atoms with Gasteiger partial charge >= 0.3 is 0 Å². The Morgan fingerprint density at radius 1 is 1.19 bits per heavy atom. The third-order valence-corrected chi connectivity index (χ3v) is 4.07. The molecule has 2 heterocycles. The highest BCUT2D eigenvalue weighted by Gasteiger charge is 2.17. The molecule has 2 aromatic carbocycles. The van der Waals surface area contributed by atoms with Crippen molar-refractivity contribution < 1.29 is 9.53 Å². The van der Waals surface area contributed by atoms with Gasteiger partial charge in [-0.1, -0.05) is 29.8 Å². The Bertz CT molecular complexity index is 1100. The molecule has 0 radical (unpaired) electrons. The first-order valence-electron chi connectivity index (χ1n) is 7.94. The number of carbonyl (C=O) groups is 1. The minimum Gasteiger partial charge on any atom is -0.481 e. The standard InChI is InChI=1S/C18H14ClN5O2/c1-10(26-12-5-3-2-4-6-12)17(25)22-18-21-16-15(23-24-18)13-9-11(19)7-8-14(13)20-16/h2-10H,1H3,(H2,20,21,22,24,25). The second-order valence-corrected chi connectivity index (χ2v) is 6.15. The molecule has 1 atom stereocenters. The molecule has 26 heavy (non-hydrogen) atoms. The van der Waals surface area contributed by atoms with Gasteiger partial charge in [-0.05, 0) is 37.3 Å². The number of nitrogens with zero attached hydrogens (tertiary/aromatic N) is 3. The zero-order chi connectivity index (χ0) is 18.1. The van der Waals surface area contributed by atoms with Crippen LogP contribution in [0.2, 0.25) is 5.02 Å². The van der Waals surface area contributed by atoms with Crippen LogP contribution in [0.4, 0.5) is 5.95 Å². The number of H-pyrrole nitrogens is 1. The molecule has 1 amide bonds. The van der Waals surface area contributed by atoms with E-state index in [0.29, 0.717) is 21.9 Å². The Kier molecular flexibility index (Phi) is 4.14. The number of halogens is 1. The van der Waals surface area contributed by atoms with E-state index in [1.54, 1.807) is 31.2 Å². The van der Waals surface area contributed by atoms with Gasteiger partial charge in [0.2, 0.25) is 0 Å². The fraction of sp³-hybridized carbons (Fsp3) is 0.111. The zero-order valence-electron chi connectivity index (χ0n) is 13.7. The van der Waals surface area contributed by atoms with Gasteiger partial charge in [-0.15, -0.1) is 10.2 Å².